The van der Waals surface area contributed by atoms with E-state index < -0.39 is 12.3 Å². The van der Waals surface area contributed by atoms with Crippen LogP contribution in [0.25, 0.3) is 0 Å². The normalized spacial score (nSPS) is 30.3. The van der Waals surface area contributed by atoms with Crippen molar-refractivity contribution in [3.05, 3.63) is 0 Å². The van der Waals surface area contributed by atoms with Crippen molar-refractivity contribution in [2.24, 2.45) is 5.92 Å². The van der Waals surface area contributed by atoms with Crippen molar-refractivity contribution in [1.29, 1.82) is 0 Å². The van der Waals surface area contributed by atoms with Crippen LogP contribution in [-0.4, -0.2) is 37.0 Å². The zero-order chi connectivity index (χ0) is 8.27. The molecule has 0 unspecified atom stereocenters. The Morgan fingerprint density at radius 3 is 2.91 bits per heavy atom. The standard InChI is InChI=1S/C6H11FN2O2/c7-5-3-8-1-4(5)2-9-6(10)11/h4-5,8-9H,1-3H2,(H,10,11)/t4-,5+/m1/s1. The molecule has 2 atom stereocenters. The minimum Gasteiger partial charge on any atom is -0.465 e. The van der Waals surface area contributed by atoms with Crippen LogP contribution in [0.1, 0.15) is 0 Å². The maximum atomic E-state index is 12.7. The Hall–Kier alpha value is -0.840. The third-order valence-electron chi connectivity index (χ3n) is 1.77. The van der Waals surface area contributed by atoms with Gasteiger partial charge in [0.25, 0.3) is 0 Å². The van der Waals surface area contributed by atoms with E-state index >= 15 is 0 Å². The fraction of sp³-hybridized carbons (Fsp3) is 0.833. The van der Waals surface area contributed by atoms with Crippen LogP contribution in [0.5, 0.6) is 0 Å². The van der Waals surface area contributed by atoms with Gasteiger partial charge in [-0.1, -0.05) is 0 Å². The lowest BCUT2D eigenvalue weighted by atomic mass is 10.1. The summed E-state index contributed by atoms with van der Waals surface area (Å²) in [5.74, 6) is -0.203. The van der Waals surface area contributed by atoms with E-state index in [-0.39, 0.29) is 12.5 Å². The third kappa shape index (κ3) is 2.34. The smallest absolute Gasteiger partial charge is 0.404 e. The number of halogens is 1. The predicted molar refractivity (Wildman–Crippen MR) is 37.3 cm³/mol. The van der Waals surface area contributed by atoms with Gasteiger partial charge in [-0.25, -0.2) is 9.18 Å². The predicted octanol–water partition coefficient (Wildman–Crippen LogP) is -0.188. The summed E-state index contributed by atoms with van der Waals surface area (Å²) in [4.78, 5) is 10.0. The monoisotopic (exact) mass is 162 g/mol. The summed E-state index contributed by atoms with van der Waals surface area (Å²) < 4.78 is 12.7. The van der Waals surface area contributed by atoms with Crippen LogP contribution in [0.2, 0.25) is 0 Å². The minimum atomic E-state index is -1.09. The van der Waals surface area contributed by atoms with Crippen LogP contribution in [0, 0.1) is 5.92 Å². The van der Waals surface area contributed by atoms with Gasteiger partial charge in [0, 0.05) is 25.6 Å². The lowest BCUT2D eigenvalue weighted by Gasteiger charge is -2.09. The van der Waals surface area contributed by atoms with E-state index in [1.54, 1.807) is 0 Å². The molecule has 1 amide bonds. The van der Waals surface area contributed by atoms with E-state index in [9.17, 15) is 9.18 Å². The average Bonchev–Trinajstić information content (AvgIpc) is 2.31. The molecule has 0 radical (unpaired) electrons. The molecule has 5 heteroatoms. The number of alkyl halides is 1. The van der Waals surface area contributed by atoms with Gasteiger partial charge in [0.15, 0.2) is 0 Å². The Morgan fingerprint density at radius 2 is 2.45 bits per heavy atom. The molecule has 0 aromatic heterocycles. The van der Waals surface area contributed by atoms with Crippen molar-refractivity contribution < 1.29 is 14.3 Å². The summed E-state index contributed by atoms with van der Waals surface area (Å²) >= 11 is 0. The summed E-state index contributed by atoms with van der Waals surface area (Å²) in [6, 6.07) is 0. The summed E-state index contributed by atoms with van der Waals surface area (Å²) in [5.41, 5.74) is 0. The van der Waals surface area contributed by atoms with E-state index in [0.717, 1.165) is 0 Å². The summed E-state index contributed by atoms with van der Waals surface area (Å²) in [7, 11) is 0. The zero-order valence-electron chi connectivity index (χ0n) is 6.01. The number of carboxylic acid groups (broad SMARTS) is 1. The van der Waals surface area contributed by atoms with Crippen molar-refractivity contribution in [2.45, 2.75) is 6.17 Å². The van der Waals surface area contributed by atoms with Crippen LogP contribution in [0.4, 0.5) is 9.18 Å². The van der Waals surface area contributed by atoms with Crippen molar-refractivity contribution in [2.75, 3.05) is 19.6 Å². The van der Waals surface area contributed by atoms with Crippen molar-refractivity contribution >= 4 is 6.09 Å². The first-order valence-corrected chi connectivity index (χ1v) is 3.51. The highest BCUT2D eigenvalue weighted by Crippen LogP contribution is 2.10. The molecule has 1 saturated heterocycles. The molecule has 1 heterocycles. The fourth-order valence-corrected chi connectivity index (χ4v) is 1.12. The number of nitrogens with one attached hydrogen (secondary N) is 2. The number of carbonyl (C=O) groups is 1. The molecule has 11 heavy (non-hydrogen) atoms. The van der Waals surface area contributed by atoms with Gasteiger partial charge in [-0.05, 0) is 0 Å². The van der Waals surface area contributed by atoms with E-state index in [0.29, 0.717) is 13.1 Å². The number of hydrogen-bond donors (Lipinski definition) is 3. The first-order chi connectivity index (χ1) is 5.20. The van der Waals surface area contributed by atoms with Gasteiger partial charge in [-0.15, -0.1) is 0 Å². The molecule has 0 bridgehead atoms. The summed E-state index contributed by atoms with van der Waals surface area (Å²) in [6.07, 6.45) is -2.01. The van der Waals surface area contributed by atoms with Gasteiger partial charge in [0.05, 0.1) is 0 Å². The van der Waals surface area contributed by atoms with Crippen molar-refractivity contribution in [3.8, 4) is 0 Å². The molecule has 1 fully saturated rings. The molecule has 0 aliphatic carbocycles. The topological polar surface area (TPSA) is 61.4 Å². The van der Waals surface area contributed by atoms with Crippen LogP contribution in [0.15, 0.2) is 0 Å². The van der Waals surface area contributed by atoms with Gasteiger partial charge < -0.3 is 15.7 Å². The second kappa shape index (κ2) is 3.52. The number of amides is 1. The lowest BCUT2D eigenvalue weighted by molar-refractivity contribution is 0.189. The minimum absolute atomic E-state index is 0.198. The van der Waals surface area contributed by atoms with E-state index in [1.807, 2.05) is 0 Å². The second-order valence-corrected chi connectivity index (χ2v) is 2.62. The summed E-state index contributed by atoms with van der Waals surface area (Å²) in [5, 5.41) is 13.2. The van der Waals surface area contributed by atoms with Crippen LogP contribution in [0.3, 0.4) is 0 Å². The third-order valence-corrected chi connectivity index (χ3v) is 1.77. The average molecular weight is 162 g/mol. The lowest BCUT2D eigenvalue weighted by Crippen LogP contribution is -2.31. The first-order valence-electron chi connectivity index (χ1n) is 3.51. The highest BCUT2D eigenvalue weighted by Gasteiger charge is 2.26. The molecule has 1 rings (SSSR count). The van der Waals surface area contributed by atoms with E-state index in [4.69, 9.17) is 5.11 Å². The molecular formula is C6H11FN2O2. The zero-order valence-corrected chi connectivity index (χ0v) is 6.01. The highest BCUT2D eigenvalue weighted by atomic mass is 19.1. The molecule has 0 aromatic rings. The Kier molecular flexibility index (Phi) is 2.64. The Labute approximate surface area is 63.8 Å². The maximum Gasteiger partial charge on any atom is 0.404 e. The molecule has 0 saturated carbocycles. The maximum absolute atomic E-state index is 12.7. The van der Waals surface area contributed by atoms with Gasteiger partial charge in [0.1, 0.15) is 6.17 Å². The number of hydrogen-bond acceptors (Lipinski definition) is 2. The fourth-order valence-electron chi connectivity index (χ4n) is 1.12. The van der Waals surface area contributed by atoms with Gasteiger partial charge in [-0.3, -0.25) is 0 Å². The van der Waals surface area contributed by atoms with Gasteiger partial charge in [0.2, 0.25) is 0 Å². The number of rotatable bonds is 2. The summed E-state index contributed by atoms with van der Waals surface area (Å²) in [6.45, 7) is 1.09. The Balaban J connectivity index is 2.20. The largest absolute Gasteiger partial charge is 0.465 e. The SMILES string of the molecule is O=C(O)NC[C@H]1CNC[C@@H]1F. The van der Waals surface area contributed by atoms with Crippen LogP contribution < -0.4 is 10.6 Å². The molecule has 0 spiro atoms. The van der Waals surface area contributed by atoms with Gasteiger partial charge in [-0.2, -0.15) is 0 Å². The quantitative estimate of drug-likeness (QED) is 0.527. The highest BCUT2D eigenvalue weighted by molar-refractivity contribution is 5.64. The molecule has 4 nitrogen and oxygen atoms in total. The molecule has 1 aliphatic heterocycles. The van der Waals surface area contributed by atoms with E-state index in [1.165, 1.54) is 0 Å². The van der Waals surface area contributed by atoms with Gasteiger partial charge >= 0.3 is 6.09 Å². The molecule has 3 N–H and O–H groups in total. The first kappa shape index (κ1) is 8.26. The molecule has 0 aromatic carbocycles. The second-order valence-electron chi connectivity index (χ2n) is 2.62. The van der Waals surface area contributed by atoms with Crippen LogP contribution in [-0.2, 0) is 0 Å². The van der Waals surface area contributed by atoms with E-state index in [2.05, 4.69) is 10.6 Å². The molecule has 1 aliphatic rings. The molecular weight excluding hydrogens is 151 g/mol. The van der Waals surface area contributed by atoms with Crippen molar-refractivity contribution in [3.63, 3.8) is 0 Å². The van der Waals surface area contributed by atoms with Crippen molar-refractivity contribution in [1.82, 2.24) is 10.6 Å². The molecule has 64 valence electrons. The Bertz CT molecular complexity index is 154. The van der Waals surface area contributed by atoms with Crippen LogP contribution >= 0.6 is 0 Å². The Morgan fingerprint density at radius 1 is 1.73 bits per heavy atom.